The standard InChI is InChI=1S/C19H24ClN7/c1-3-16-17(4-2)23-24-19(22-16)26-9-7-25(8-10-26)12-15-13-27-11-14(20)5-6-18(27)21-15/h5-6,11,13H,3-4,7-10,12H2,1-2H3. The zero-order valence-corrected chi connectivity index (χ0v) is 16.5. The number of rotatable bonds is 5. The van der Waals surface area contributed by atoms with E-state index >= 15 is 0 Å². The summed E-state index contributed by atoms with van der Waals surface area (Å²) in [6.07, 6.45) is 5.71. The molecule has 0 N–H and O–H groups in total. The maximum absolute atomic E-state index is 6.05. The third-order valence-corrected chi connectivity index (χ3v) is 5.23. The molecule has 27 heavy (non-hydrogen) atoms. The minimum absolute atomic E-state index is 0.717. The Morgan fingerprint density at radius 3 is 2.44 bits per heavy atom. The molecular formula is C19H24ClN7. The molecule has 3 aromatic heterocycles. The predicted molar refractivity (Wildman–Crippen MR) is 106 cm³/mol. The van der Waals surface area contributed by atoms with Crippen LogP contribution in [-0.2, 0) is 19.4 Å². The topological polar surface area (TPSA) is 62.5 Å². The summed E-state index contributed by atoms with van der Waals surface area (Å²) in [5.74, 6) is 0.756. The van der Waals surface area contributed by atoms with Crippen LogP contribution in [0, 0.1) is 0 Å². The fourth-order valence-electron chi connectivity index (χ4n) is 3.49. The van der Waals surface area contributed by atoms with Crippen molar-refractivity contribution in [3.63, 3.8) is 0 Å². The van der Waals surface area contributed by atoms with Gasteiger partial charge in [0.15, 0.2) is 0 Å². The lowest BCUT2D eigenvalue weighted by atomic mass is 10.2. The quantitative estimate of drug-likeness (QED) is 0.672. The molecule has 142 valence electrons. The summed E-state index contributed by atoms with van der Waals surface area (Å²) in [7, 11) is 0. The summed E-state index contributed by atoms with van der Waals surface area (Å²) < 4.78 is 1.98. The first-order valence-electron chi connectivity index (χ1n) is 9.49. The van der Waals surface area contributed by atoms with Crippen LogP contribution in [0.15, 0.2) is 24.5 Å². The molecule has 0 spiro atoms. The number of hydrogen-bond acceptors (Lipinski definition) is 6. The molecule has 0 atom stereocenters. The van der Waals surface area contributed by atoms with Crippen molar-refractivity contribution in [2.24, 2.45) is 0 Å². The van der Waals surface area contributed by atoms with Gasteiger partial charge in [-0.25, -0.2) is 9.97 Å². The Morgan fingerprint density at radius 2 is 1.70 bits per heavy atom. The Balaban J connectivity index is 1.39. The highest BCUT2D eigenvalue weighted by Gasteiger charge is 2.21. The van der Waals surface area contributed by atoms with Crippen molar-refractivity contribution in [1.29, 1.82) is 0 Å². The number of imidazole rings is 1. The number of anilines is 1. The molecule has 0 aromatic carbocycles. The van der Waals surface area contributed by atoms with Gasteiger partial charge in [0.1, 0.15) is 5.65 Å². The third kappa shape index (κ3) is 3.89. The van der Waals surface area contributed by atoms with Gasteiger partial charge >= 0.3 is 0 Å². The number of pyridine rings is 1. The van der Waals surface area contributed by atoms with Crippen LogP contribution in [0.25, 0.3) is 5.65 Å². The molecule has 1 aliphatic rings. The maximum atomic E-state index is 6.05. The summed E-state index contributed by atoms with van der Waals surface area (Å²) in [5.41, 5.74) is 4.06. The molecule has 8 heteroatoms. The predicted octanol–water partition coefficient (Wildman–Crippen LogP) is 2.62. The lowest BCUT2D eigenvalue weighted by Gasteiger charge is -2.34. The SMILES string of the molecule is CCc1nnc(N2CCN(Cc3cn4cc(Cl)ccc4n3)CC2)nc1CC. The van der Waals surface area contributed by atoms with Gasteiger partial charge in [-0.2, -0.15) is 5.10 Å². The van der Waals surface area contributed by atoms with Gasteiger partial charge in [-0.05, 0) is 25.0 Å². The van der Waals surface area contributed by atoms with Gasteiger partial charge in [0, 0.05) is 45.1 Å². The Hall–Kier alpha value is -2.25. The van der Waals surface area contributed by atoms with Crippen molar-refractivity contribution in [1.82, 2.24) is 29.5 Å². The van der Waals surface area contributed by atoms with E-state index in [4.69, 9.17) is 16.6 Å². The Bertz CT molecular complexity index is 931. The fraction of sp³-hybridized carbons (Fsp3) is 0.474. The summed E-state index contributed by atoms with van der Waals surface area (Å²) in [6, 6.07) is 3.81. The van der Waals surface area contributed by atoms with E-state index in [0.717, 1.165) is 74.2 Å². The maximum Gasteiger partial charge on any atom is 0.245 e. The normalized spacial score (nSPS) is 15.6. The van der Waals surface area contributed by atoms with E-state index in [9.17, 15) is 0 Å². The van der Waals surface area contributed by atoms with Crippen molar-refractivity contribution < 1.29 is 0 Å². The molecule has 4 rings (SSSR count). The van der Waals surface area contributed by atoms with Crippen molar-refractivity contribution >= 4 is 23.2 Å². The first kappa shape index (κ1) is 18.1. The van der Waals surface area contributed by atoms with Crippen LogP contribution in [0.2, 0.25) is 5.02 Å². The van der Waals surface area contributed by atoms with Crippen molar-refractivity contribution in [2.75, 3.05) is 31.1 Å². The van der Waals surface area contributed by atoms with Crippen molar-refractivity contribution in [3.8, 4) is 0 Å². The average molecular weight is 386 g/mol. The van der Waals surface area contributed by atoms with Crippen LogP contribution >= 0.6 is 11.6 Å². The minimum Gasteiger partial charge on any atom is -0.337 e. The summed E-state index contributed by atoms with van der Waals surface area (Å²) >= 11 is 6.05. The largest absolute Gasteiger partial charge is 0.337 e. The monoisotopic (exact) mass is 385 g/mol. The zero-order chi connectivity index (χ0) is 18.8. The number of piperazine rings is 1. The number of hydrogen-bond donors (Lipinski definition) is 0. The highest BCUT2D eigenvalue weighted by molar-refractivity contribution is 6.30. The molecule has 4 heterocycles. The van der Waals surface area contributed by atoms with Crippen LogP contribution in [-0.4, -0.2) is 55.6 Å². The highest BCUT2D eigenvalue weighted by Crippen LogP contribution is 2.16. The van der Waals surface area contributed by atoms with Crippen molar-refractivity contribution in [3.05, 3.63) is 46.6 Å². The Labute approximate surface area is 164 Å². The molecule has 0 saturated carbocycles. The minimum atomic E-state index is 0.717. The van der Waals surface area contributed by atoms with Crippen LogP contribution in [0.4, 0.5) is 5.95 Å². The van der Waals surface area contributed by atoms with E-state index in [1.807, 2.05) is 22.7 Å². The first-order chi connectivity index (χ1) is 13.2. The number of aromatic nitrogens is 5. The number of nitrogens with zero attached hydrogens (tertiary/aromatic N) is 7. The number of halogens is 1. The van der Waals surface area contributed by atoms with E-state index in [0.29, 0.717) is 5.02 Å². The Kier molecular flexibility index (Phi) is 5.22. The van der Waals surface area contributed by atoms with E-state index in [1.165, 1.54) is 0 Å². The van der Waals surface area contributed by atoms with Gasteiger partial charge in [-0.1, -0.05) is 25.4 Å². The second-order valence-electron chi connectivity index (χ2n) is 6.82. The van der Waals surface area contributed by atoms with Gasteiger partial charge < -0.3 is 9.30 Å². The van der Waals surface area contributed by atoms with Gasteiger partial charge in [0.25, 0.3) is 0 Å². The molecule has 0 aliphatic carbocycles. The molecule has 7 nitrogen and oxygen atoms in total. The second kappa shape index (κ2) is 7.78. The van der Waals surface area contributed by atoms with Crippen molar-refractivity contribution in [2.45, 2.75) is 33.2 Å². The third-order valence-electron chi connectivity index (χ3n) is 5.00. The number of aryl methyl sites for hydroxylation is 2. The molecule has 0 bridgehead atoms. The Morgan fingerprint density at radius 1 is 0.926 bits per heavy atom. The lowest BCUT2D eigenvalue weighted by molar-refractivity contribution is 0.246. The number of fused-ring (bicyclic) bond motifs is 1. The second-order valence-corrected chi connectivity index (χ2v) is 7.26. The van der Waals surface area contributed by atoms with Crippen LogP contribution in [0.3, 0.4) is 0 Å². The highest BCUT2D eigenvalue weighted by atomic mass is 35.5. The first-order valence-corrected chi connectivity index (χ1v) is 9.87. The summed E-state index contributed by atoms with van der Waals surface area (Å²) in [5, 5.41) is 9.43. The zero-order valence-electron chi connectivity index (χ0n) is 15.8. The molecule has 3 aromatic rings. The molecule has 0 amide bonds. The van der Waals surface area contributed by atoms with E-state index < -0.39 is 0 Å². The summed E-state index contributed by atoms with van der Waals surface area (Å²) in [4.78, 5) is 14.1. The van der Waals surface area contributed by atoms with Gasteiger partial charge in [-0.15, -0.1) is 5.10 Å². The molecule has 0 radical (unpaired) electrons. The van der Waals surface area contributed by atoms with E-state index in [-0.39, 0.29) is 0 Å². The fourth-order valence-corrected chi connectivity index (χ4v) is 3.66. The molecule has 1 aliphatic heterocycles. The molecule has 0 unspecified atom stereocenters. The van der Waals surface area contributed by atoms with Crippen LogP contribution < -0.4 is 4.90 Å². The van der Waals surface area contributed by atoms with Gasteiger partial charge in [-0.3, -0.25) is 4.90 Å². The van der Waals surface area contributed by atoms with Crippen LogP contribution in [0.5, 0.6) is 0 Å². The van der Waals surface area contributed by atoms with Gasteiger partial charge in [0.2, 0.25) is 5.95 Å². The van der Waals surface area contributed by atoms with Gasteiger partial charge in [0.05, 0.1) is 22.1 Å². The average Bonchev–Trinajstić information content (AvgIpc) is 3.09. The molecular weight excluding hydrogens is 362 g/mol. The smallest absolute Gasteiger partial charge is 0.245 e. The molecule has 1 saturated heterocycles. The van der Waals surface area contributed by atoms with Crippen LogP contribution in [0.1, 0.15) is 30.9 Å². The summed E-state index contributed by atoms with van der Waals surface area (Å²) in [6.45, 7) is 8.75. The lowest BCUT2D eigenvalue weighted by Crippen LogP contribution is -2.46. The molecule has 1 fully saturated rings. The van der Waals surface area contributed by atoms with E-state index in [1.54, 1.807) is 0 Å². The van der Waals surface area contributed by atoms with E-state index in [2.05, 4.69) is 45.0 Å².